The Balaban J connectivity index is 1.74. The number of hydrogen-bond acceptors (Lipinski definition) is 9. The van der Waals surface area contributed by atoms with Gasteiger partial charge in [-0.1, -0.05) is 0 Å². The van der Waals surface area contributed by atoms with Gasteiger partial charge in [-0.25, -0.2) is 13.8 Å². The van der Waals surface area contributed by atoms with E-state index in [1.807, 2.05) is 20.8 Å². The van der Waals surface area contributed by atoms with Gasteiger partial charge in [0.25, 0.3) is 21.8 Å². The van der Waals surface area contributed by atoms with E-state index >= 15 is 0 Å². The smallest absolute Gasteiger partial charge is 0.264 e. The lowest BCUT2D eigenvalue weighted by atomic mass is 10.2. The summed E-state index contributed by atoms with van der Waals surface area (Å²) in [5, 5.41) is 6.70. The van der Waals surface area contributed by atoms with E-state index in [2.05, 4.69) is 15.8 Å². The largest absolute Gasteiger partial charge is 0.494 e. The van der Waals surface area contributed by atoms with Gasteiger partial charge in [0.2, 0.25) is 0 Å². The van der Waals surface area contributed by atoms with Crippen molar-refractivity contribution in [2.45, 2.75) is 31.7 Å². The van der Waals surface area contributed by atoms with E-state index in [9.17, 15) is 18.0 Å². The van der Waals surface area contributed by atoms with Crippen molar-refractivity contribution in [1.29, 1.82) is 0 Å². The van der Waals surface area contributed by atoms with Crippen molar-refractivity contribution >= 4 is 33.7 Å². The monoisotopic (exact) mass is 612 g/mol. The summed E-state index contributed by atoms with van der Waals surface area (Å²) in [6.07, 6.45) is 1.40. The predicted octanol–water partition coefficient (Wildman–Crippen LogP) is 3.35. The molecule has 12 nitrogen and oxygen atoms in total. The number of nitrogens with one attached hydrogen (secondary N) is 2. The van der Waals surface area contributed by atoms with Gasteiger partial charge in [0.15, 0.2) is 18.1 Å². The number of hydrazone groups is 1. The van der Waals surface area contributed by atoms with Gasteiger partial charge in [0, 0.05) is 12.1 Å². The highest BCUT2D eigenvalue weighted by atomic mass is 32.2. The summed E-state index contributed by atoms with van der Waals surface area (Å²) in [5.74, 6) is 0.725. The average molecular weight is 613 g/mol. The number of methoxy groups -OCH3 is 2. The molecule has 13 heteroatoms. The van der Waals surface area contributed by atoms with Crippen molar-refractivity contribution in [3.63, 3.8) is 0 Å². The zero-order chi connectivity index (χ0) is 31.4. The summed E-state index contributed by atoms with van der Waals surface area (Å²) in [5.41, 5.74) is 3.26. The van der Waals surface area contributed by atoms with E-state index in [1.165, 1.54) is 38.6 Å². The number of benzene rings is 3. The average Bonchev–Trinajstić information content (AvgIpc) is 2.99. The van der Waals surface area contributed by atoms with E-state index in [1.54, 1.807) is 48.5 Å². The Labute approximate surface area is 251 Å². The van der Waals surface area contributed by atoms with Gasteiger partial charge >= 0.3 is 0 Å². The van der Waals surface area contributed by atoms with E-state index < -0.39 is 22.5 Å². The molecule has 0 aromatic heterocycles. The SMILES string of the molecule is CCOc1ccc(N(CC(=O)N/N=C\c2ccc(OCC(=O)NC(C)C)cc2)S(=O)(=O)c2ccc(OC)c(OC)c2)cc1. The molecule has 0 unspecified atom stereocenters. The zero-order valence-corrected chi connectivity index (χ0v) is 25.5. The Kier molecular flexibility index (Phi) is 11.8. The van der Waals surface area contributed by atoms with Crippen molar-refractivity contribution in [1.82, 2.24) is 10.7 Å². The fourth-order valence-corrected chi connectivity index (χ4v) is 5.24. The Bertz CT molecular complexity index is 1510. The van der Waals surface area contributed by atoms with Crippen LogP contribution in [-0.4, -0.2) is 66.5 Å². The molecule has 0 spiro atoms. The van der Waals surface area contributed by atoms with Crippen LogP contribution in [-0.2, 0) is 19.6 Å². The van der Waals surface area contributed by atoms with E-state index in [0.717, 1.165) is 4.31 Å². The minimum absolute atomic E-state index is 0.0176. The first-order valence-corrected chi connectivity index (χ1v) is 14.8. The molecule has 0 fully saturated rings. The predicted molar refractivity (Wildman–Crippen MR) is 163 cm³/mol. The highest BCUT2D eigenvalue weighted by Gasteiger charge is 2.28. The summed E-state index contributed by atoms with van der Waals surface area (Å²) < 4.78 is 49.9. The molecule has 0 radical (unpaired) electrons. The van der Waals surface area contributed by atoms with Crippen LogP contribution in [0.3, 0.4) is 0 Å². The van der Waals surface area contributed by atoms with Crippen LogP contribution in [0.1, 0.15) is 26.3 Å². The third kappa shape index (κ3) is 9.36. The topological polar surface area (TPSA) is 145 Å². The Morgan fingerprint density at radius 1 is 0.884 bits per heavy atom. The molecule has 3 rings (SSSR count). The highest BCUT2D eigenvalue weighted by Crippen LogP contribution is 2.32. The summed E-state index contributed by atoms with van der Waals surface area (Å²) in [6.45, 7) is 5.33. The molecule has 0 saturated heterocycles. The number of nitrogens with zero attached hydrogens (tertiary/aromatic N) is 2. The molecule has 43 heavy (non-hydrogen) atoms. The van der Waals surface area contributed by atoms with Gasteiger partial charge in [0.1, 0.15) is 18.0 Å². The van der Waals surface area contributed by atoms with Crippen molar-refractivity contribution < 1.29 is 37.0 Å². The fraction of sp³-hybridized carbons (Fsp3) is 0.300. The molecule has 2 amide bonds. The molecule has 0 aliphatic heterocycles. The van der Waals surface area contributed by atoms with E-state index in [0.29, 0.717) is 29.4 Å². The van der Waals surface area contributed by atoms with Crippen LogP contribution in [0.5, 0.6) is 23.0 Å². The van der Waals surface area contributed by atoms with Gasteiger partial charge in [-0.05, 0) is 87.0 Å². The van der Waals surface area contributed by atoms with Gasteiger partial charge < -0.3 is 24.3 Å². The molecule has 0 saturated carbocycles. The minimum atomic E-state index is -4.23. The van der Waals surface area contributed by atoms with Crippen molar-refractivity contribution in [3.8, 4) is 23.0 Å². The van der Waals surface area contributed by atoms with Gasteiger partial charge in [0.05, 0.1) is 37.6 Å². The number of amides is 2. The quantitative estimate of drug-likeness (QED) is 0.196. The summed E-state index contributed by atoms with van der Waals surface area (Å²) in [7, 11) is -1.39. The Morgan fingerprint density at radius 3 is 2.12 bits per heavy atom. The first-order valence-electron chi connectivity index (χ1n) is 13.4. The molecular formula is C30H36N4O8S. The molecular weight excluding hydrogens is 576 g/mol. The van der Waals surface area contributed by atoms with E-state index in [4.69, 9.17) is 18.9 Å². The lowest BCUT2D eigenvalue weighted by Crippen LogP contribution is -2.39. The van der Waals surface area contributed by atoms with Crippen LogP contribution in [0, 0.1) is 0 Å². The molecule has 3 aromatic rings. The normalized spacial score (nSPS) is 11.2. The van der Waals surface area contributed by atoms with E-state index in [-0.39, 0.29) is 34.9 Å². The second-order valence-corrected chi connectivity index (χ2v) is 11.2. The van der Waals surface area contributed by atoms with Gasteiger partial charge in [-0.2, -0.15) is 5.10 Å². The maximum absolute atomic E-state index is 13.8. The maximum atomic E-state index is 13.8. The zero-order valence-electron chi connectivity index (χ0n) is 24.7. The van der Waals surface area contributed by atoms with Crippen molar-refractivity contribution in [3.05, 3.63) is 72.3 Å². The molecule has 2 N–H and O–H groups in total. The van der Waals surface area contributed by atoms with Crippen LogP contribution in [0.25, 0.3) is 0 Å². The molecule has 0 atom stereocenters. The van der Waals surface area contributed by atoms with Gasteiger partial charge in [-0.15, -0.1) is 0 Å². The minimum Gasteiger partial charge on any atom is -0.494 e. The first-order chi connectivity index (χ1) is 20.6. The van der Waals surface area contributed by atoms with Crippen LogP contribution in [0.4, 0.5) is 5.69 Å². The summed E-state index contributed by atoms with van der Waals surface area (Å²) in [4.78, 5) is 24.6. The second kappa shape index (κ2) is 15.4. The molecule has 0 aliphatic carbocycles. The first kappa shape index (κ1) is 32.7. The number of ether oxygens (including phenoxy) is 4. The van der Waals surface area contributed by atoms with Crippen LogP contribution < -0.4 is 34.0 Å². The number of carbonyl (C=O) groups excluding carboxylic acids is 2. The van der Waals surface area contributed by atoms with Gasteiger partial charge in [-0.3, -0.25) is 13.9 Å². The summed E-state index contributed by atoms with van der Waals surface area (Å²) in [6, 6.07) is 17.3. The molecule has 0 aliphatic rings. The number of sulfonamides is 1. The van der Waals surface area contributed by atoms with Crippen molar-refractivity contribution in [2.75, 3.05) is 38.3 Å². The third-order valence-electron chi connectivity index (χ3n) is 5.77. The Morgan fingerprint density at radius 2 is 1.51 bits per heavy atom. The molecule has 3 aromatic carbocycles. The van der Waals surface area contributed by atoms with Crippen LogP contribution in [0.15, 0.2) is 76.7 Å². The number of hydrogen-bond donors (Lipinski definition) is 2. The summed E-state index contributed by atoms with van der Waals surface area (Å²) >= 11 is 0. The second-order valence-electron chi connectivity index (χ2n) is 9.33. The molecule has 230 valence electrons. The molecule has 0 heterocycles. The standard InChI is InChI=1S/C30H36N4O8S/c1-6-41-24-13-9-23(10-14-24)34(43(37,38)26-15-16-27(39-4)28(17-26)40-5)19-29(35)33-31-18-22-7-11-25(12-8-22)42-20-30(36)32-21(2)3/h7-18,21H,6,19-20H2,1-5H3,(H,32,36)(H,33,35)/b31-18-. The van der Waals surface area contributed by atoms with Crippen molar-refractivity contribution in [2.24, 2.45) is 5.10 Å². The maximum Gasteiger partial charge on any atom is 0.264 e. The third-order valence-corrected chi connectivity index (χ3v) is 7.54. The van der Waals surface area contributed by atoms with Crippen LogP contribution >= 0.6 is 0 Å². The highest BCUT2D eigenvalue weighted by molar-refractivity contribution is 7.92. The number of anilines is 1. The Hall–Kier alpha value is -4.78. The molecule has 0 bridgehead atoms. The lowest BCUT2D eigenvalue weighted by molar-refractivity contribution is -0.123. The number of carbonyl (C=O) groups is 2. The fourth-order valence-electron chi connectivity index (χ4n) is 3.80. The van der Waals surface area contributed by atoms with Crippen LogP contribution in [0.2, 0.25) is 0 Å². The number of rotatable bonds is 15. The lowest BCUT2D eigenvalue weighted by Gasteiger charge is -2.24.